The number of thiazole rings is 1. The lowest BCUT2D eigenvalue weighted by atomic mass is 10.4. The molecule has 0 aromatic carbocycles. The monoisotopic (exact) mass is 379 g/mol. The summed E-state index contributed by atoms with van der Waals surface area (Å²) < 4.78 is 0. The van der Waals surface area contributed by atoms with E-state index in [-0.39, 0.29) is 5.91 Å². The molecule has 0 aliphatic heterocycles. The predicted octanol–water partition coefficient (Wildman–Crippen LogP) is 2.35. The van der Waals surface area contributed by atoms with Crippen molar-refractivity contribution in [3.05, 3.63) is 38.0 Å². The number of carbonyl (C=O) groups excluding carboxylic acids is 1. The van der Waals surface area contributed by atoms with E-state index >= 15 is 0 Å². The van der Waals surface area contributed by atoms with Crippen LogP contribution in [0.3, 0.4) is 0 Å². The summed E-state index contributed by atoms with van der Waals surface area (Å²) in [4.78, 5) is 22.6. The molecule has 2 aromatic rings. The zero-order valence-electron chi connectivity index (χ0n) is 14.9. The molecule has 0 saturated carbocycles. The number of guanidine groups is 1. The predicted molar refractivity (Wildman–Crippen MR) is 106 cm³/mol. The van der Waals surface area contributed by atoms with Crippen molar-refractivity contribution in [3.8, 4) is 0 Å². The number of thiophene rings is 1. The summed E-state index contributed by atoms with van der Waals surface area (Å²) in [6.07, 6.45) is 1.72. The van der Waals surface area contributed by atoms with E-state index in [0.717, 1.165) is 47.5 Å². The molecule has 2 rings (SSSR count). The number of rotatable bonds is 8. The van der Waals surface area contributed by atoms with Gasteiger partial charge in [0.05, 0.1) is 15.6 Å². The fraction of sp³-hybridized carbons (Fsp3) is 0.471. The average molecular weight is 380 g/mol. The van der Waals surface area contributed by atoms with Crippen LogP contribution in [0.1, 0.15) is 31.7 Å². The quantitative estimate of drug-likeness (QED) is 0.374. The van der Waals surface area contributed by atoms with Crippen molar-refractivity contribution in [3.63, 3.8) is 0 Å². The standard InChI is InChI=1S/C17H25N5OS2/c1-12-13(2)25-15(22-12)7-10-21-17(18-3)20-9-5-8-19-16(23)14-6-4-11-24-14/h4,6,11H,5,7-10H2,1-3H3,(H,19,23)(H2,18,20,21). The Labute approximate surface area is 156 Å². The fourth-order valence-corrected chi connectivity index (χ4v) is 3.72. The Morgan fingerprint density at radius 3 is 2.60 bits per heavy atom. The molecule has 3 N–H and O–H groups in total. The van der Waals surface area contributed by atoms with E-state index < -0.39 is 0 Å². The third-order valence-electron chi connectivity index (χ3n) is 3.60. The SMILES string of the molecule is CN=C(NCCCNC(=O)c1cccs1)NCCc1nc(C)c(C)s1. The number of hydrogen-bond acceptors (Lipinski definition) is 5. The van der Waals surface area contributed by atoms with E-state index in [0.29, 0.717) is 6.54 Å². The normalized spacial score (nSPS) is 11.4. The number of aryl methyl sites for hydroxylation is 2. The first-order chi connectivity index (χ1) is 12.1. The molecule has 0 saturated heterocycles. The van der Waals surface area contributed by atoms with E-state index in [1.165, 1.54) is 16.2 Å². The van der Waals surface area contributed by atoms with Gasteiger partial charge in [-0.25, -0.2) is 4.98 Å². The number of hydrogen-bond donors (Lipinski definition) is 3. The Kier molecular flexibility index (Phi) is 7.87. The van der Waals surface area contributed by atoms with Crippen LogP contribution in [0.25, 0.3) is 0 Å². The molecule has 0 atom stereocenters. The van der Waals surface area contributed by atoms with Gasteiger partial charge in [-0.05, 0) is 31.7 Å². The van der Waals surface area contributed by atoms with Crippen LogP contribution in [0.2, 0.25) is 0 Å². The minimum Gasteiger partial charge on any atom is -0.356 e. The van der Waals surface area contributed by atoms with Crippen molar-refractivity contribution < 1.29 is 4.79 Å². The molecule has 8 heteroatoms. The van der Waals surface area contributed by atoms with Crippen LogP contribution in [0.5, 0.6) is 0 Å². The summed E-state index contributed by atoms with van der Waals surface area (Å²) in [5.41, 5.74) is 1.12. The van der Waals surface area contributed by atoms with Crippen molar-refractivity contribution >= 4 is 34.5 Å². The van der Waals surface area contributed by atoms with Crippen LogP contribution in [0, 0.1) is 13.8 Å². The summed E-state index contributed by atoms with van der Waals surface area (Å²) >= 11 is 3.20. The second kappa shape index (κ2) is 10.1. The van der Waals surface area contributed by atoms with Gasteiger partial charge in [-0.3, -0.25) is 9.79 Å². The van der Waals surface area contributed by atoms with Gasteiger partial charge < -0.3 is 16.0 Å². The molecule has 0 unspecified atom stereocenters. The van der Waals surface area contributed by atoms with E-state index in [4.69, 9.17) is 0 Å². The van der Waals surface area contributed by atoms with E-state index in [9.17, 15) is 4.79 Å². The molecule has 25 heavy (non-hydrogen) atoms. The fourth-order valence-electron chi connectivity index (χ4n) is 2.15. The highest BCUT2D eigenvalue weighted by molar-refractivity contribution is 7.12. The lowest BCUT2D eigenvalue weighted by Gasteiger charge is -2.11. The maximum Gasteiger partial charge on any atom is 0.261 e. The van der Waals surface area contributed by atoms with Crippen LogP contribution in [-0.2, 0) is 6.42 Å². The van der Waals surface area contributed by atoms with Crippen molar-refractivity contribution in [2.45, 2.75) is 26.7 Å². The number of amides is 1. The Balaban J connectivity index is 1.58. The molecule has 2 aromatic heterocycles. The summed E-state index contributed by atoms with van der Waals surface area (Å²) in [5, 5.41) is 12.5. The highest BCUT2D eigenvalue weighted by Gasteiger charge is 2.05. The average Bonchev–Trinajstić information content (AvgIpc) is 3.23. The molecule has 0 spiro atoms. The minimum atomic E-state index is -0.00783. The summed E-state index contributed by atoms with van der Waals surface area (Å²) in [5.74, 6) is 0.765. The molecule has 0 radical (unpaired) electrons. The molecule has 2 heterocycles. The Morgan fingerprint density at radius 2 is 1.96 bits per heavy atom. The Bertz CT molecular complexity index is 674. The van der Waals surface area contributed by atoms with Gasteiger partial charge in [-0.15, -0.1) is 22.7 Å². The van der Waals surface area contributed by atoms with E-state index in [2.05, 4.69) is 32.9 Å². The van der Waals surface area contributed by atoms with Gasteiger partial charge in [0, 0.05) is 38.0 Å². The number of nitrogens with one attached hydrogen (secondary N) is 3. The van der Waals surface area contributed by atoms with Crippen LogP contribution < -0.4 is 16.0 Å². The van der Waals surface area contributed by atoms with Crippen LogP contribution in [0.4, 0.5) is 0 Å². The maximum atomic E-state index is 11.8. The molecule has 1 amide bonds. The molecule has 0 aliphatic carbocycles. The topological polar surface area (TPSA) is 78.4 Å². The van der Waals surface area contributed by atoms with Crippen molar-refractivity contribution in [2.24, 2.45) is 4.99 Å². The van der Waals surface area contributed by atoms with Gasteiger partial charge in [0.1, 0.15) is 0 Å². The van der Waals surface area contributed by atoms with E-state index in [1.54, 1.807) is 18.4 Å². The zero-order chi connectivity index (χ0) is 18.1. The van der Waals surface area contributed by atoms with Crippen molar-refractivity contribution in [2.75, 3.05) is 26.7 Å². The summed E-state index contributed by atoms with van der Waals surface area (Å²) in [6.45, 7) is 6.32. The van der Waals surface area contributed by atoms with Crippen LogP contribution >= 0.6 is 22.7 Å². The molecular formula is C17H25N5OS2. The highest BCUT2D eigenvalue weighted by Crippen LogP contribution is 2.16. The third kappa shape index (κ3) is 6.47. The molecule has 6 nitrogen and oxygen atoms in total. The first-order valence-electron chi connectivity index (χ1n) is 8.29. The minimum absolute atomic E-state index is 0.00783. The number of aliphatic imine (C=N–C) groups is 1. The first kappa shape index (κ1) is 19.4. The molecule has 0 aliphatic rings. The van der Waals surface area contributed by atoms with Gasteiger partial charge in [-0.1, -0.05) is 6.07 Å². The van der Waals surface area contributed by atoms with Gasteiger partial charge in [0.25, 0.3) is 5.91 Å². The Morgan fingerprint density at radius 1 is 1.20 bits per heavy atom. The number of carbonyl (C=O) groups is 1. The lowest BCUT2D eigenvalue weighted by molar-refractivity contribution is 0.0957. The smallest absolute Gasteiger partial charge is 0.261 e. The first-order valence-corrected chi connectivity index (χ1v) is 9.99. The van der Waals surface area contributed by atoms with Crippen molar-refractivity contribution in [1.29, 1.82) is 0 Å². The third-order valence-corrected chi connectivity index (χ3v) is 5.61. The van der Waals surface area contributed by atoms with Gasteiger partial charge >= 0.3 is 0 Å². The summed E-state index contributed by atoms with van der Waals surface area (Å²) in [7, 11) is 1.76. The largest absolute Gasteiger partial charge is 0.356 e. The van der Waals surface area contributed by atoms with Crippen LogP contribution in [-0.4, -0.2) is 43.5 Å². The summed E-state index contributed by atoms with van der Waals surface area (Å²) in [6, 6.07) is 3.71. The molecule has 0 fully saturated rings. The lowest BCUT2D eigenvalue weighted by Crippen LogP contribution is -2.39. The Hall–Kier alpha value is -1.93. The molecule has 0 bridgehead atoms. The van der Waals surface area contributed by atoms with Gasteiger partial charge in [-0.2, -0.15) is 0 Å². The van der Waals surface area contributed by atoms with Gasteiger partial charge in [0.15, 0.2) is 5.96 Å². The molecule has 136 valence electrons. The maximum absolute atomic E-state index is 11.8. The zero-order valence-corrected chi connectivity index (χ0v) is 16.5. The second-order valence-electron chi connectivity index (χ2n) is 5.51. The molecular weight excluding hydrogens is 354 g/mol. The second-order valence-corrected chi connectivity index (χ2v) is 7.75. The van der Waals surface area contributed by atoms with Crippen molar-refractivity contribution in [1.82, 2.24) is 20.9 Å². The number of aromatic nitrogens is 1. The highest BCUT2D eigenvalue weighted by atomic mass is 32.1. The van der Waals surface area contributed by atoms with Crippen LogP contribution in [0.15, 0.2) is 22.5 Å². The van der Waals surface area contributed by atoms with E-state index in [1.807, 2.05) is 24.4 Å². The van der Waals surface area contributed by atoms with Gasteiger partial charge in [0.2, 0.25) is 0 Å². The number of nitrogens with zero attached hydrogens (tertiary/aromatic N) is 2.